The van der Waals surface area contributed by atoms with Crippen molar-refractivity contribution in [1.82, 2.24) is 16.0 Å². The highest BCUT2D eigenvalue weighted by molar-refractivity contribution is 5.97. The van der Waals surface area contributed by atoms with Gasteiger partial charge in [0.2, 0.25) is 5.91 Å². The number of piperidine rings is 1. The predicted octanol–water partition coefficient (Wildman–Crippen LogP) is 2.04. The second kappa shape index (κ2) is 9.64. The van der Waals surface area contributed by atoms with Crippen LogP contribution in [0.2, 0.25) is 0 Å². The van der Waals surface area contributed by atoms with E-state index in [1.807, 2.05) is 39.0 Å². The van der Waals surface area contributed by atoms with Crippen LogP contribution in [0, 0.1) is 12.8 Å². The first kappa shape index (κ1) is 20.5. The first-order chi connectivity index (χ1) is 11.0. The number of carbonyl (C=O) groups excluding carboxylic acids is 2. The maximum atomic E-state index is 12.5. The summed E-state index contributed by atoms with van der Waals surface area (Å²) in [5.41, 5.74) is 1.61. The molecular weight excluding hydrogens is 326 g/mol. The first-order valence-corrected chi connectivity index (χ1v) is 8.36. The fourth-order valence-electron chi connectivity index (χ4n) is 2.81. The Balaban J connectivity index is 0.00000288. The maximum Gasteiger partial charge on any atom is 0.251 e. The highest BCUT2D eigenvalue weighted by atomic mass is 35.5. The van der Waals surface area contributed by atoms with E-state index >= 15 is 0 Å². The third-order valence-corrected chi connectivity index (χ3v) is 4.16. The number of aryl methyl sites for hydroxylation is 1. The molecule has 0 bridgehead atoms. The minimum absolute atomic E-state index is 0. The Kier molecular flexibility index (Phi) is 8.22. The molecule has 2 amide bonds. The zero-order valence-corrected chi connectivity index (χ0v) is 15.4. The molecule has 0 spiro atoms. The Morgan fingerprint density at radius 1 is 1.29 bits per heavy atom. The van der Waals surface area contributed by atoms with E-state index in [4.69, 9.17) is 0 Å². The molecule has 24 heavy (non-hydrogen) atoms. The molecule has 2 rings (SSSR count). The van der Waals surface area contributed by atoms with Gasteiger partial charge < -0.3 is 16.0 Å². The van der Waals surface area contributed by atoms with E-state index in [1.165, 1.54) is 0 Å². The highest BCUT2D eigenvalue weighted by Gasteiger charge is 2.27. The Labute approximate surface area is 150 Å². The number of hydrogen-bond acceptors (Lipinski definition) is 3. The van der Waals surface area contributed by atoms with Crippen LogP contribution in [0.25, 0.3) is 0 Å². The van der Waals surface area contributed by atoms with Gasteiger partial charge in [0.15, 0.2) is 0 Å². The average Bonchev–Trinajstić information content (AvgIpc) is 2.52. The summed E-state index contributed by atoms with van der Waals surface area (Å²) in [6.45, 7) is 7.63. The van der Waals surface area contributed by atoms with E-state index in [1.54, 1.807) is 6.07 Å². The van der Waals surface area contributed by atoms with Crippen molar-refractivity contribution < 1.29 is 9.59 Å². The van der Waals surface area contributed by atoms with Crippen molar-refractivity contribution in [3.05, 3.63) is 35.4 Å². The fourth-order valence-corrected chi connectivity index (χ4v) is 2.81. The minimum Gasteiger partial charge on any atom is -0.350 e. The Bertz CT molecular complexity index is 557. The van der Waals surface area contributed by atoms with Crippen LogP contribution in [-0.4, -0.2) is 37.0 Å². The van der Waals surface area contributed by atoms with E-state index in [0.717, 1.165) is 31.5 Å². The van der Waals surface area contributed by atoms with E-state index in [9.17, 15) is 9.59 Å². The minimum atomic E-state index is -0.523. The number of hydrogen-bond donors (Lipinski definition) is 3. The molecule has 1 aliphatic heterocycles. The Hall–Kier alpha value is -1.59. The van der Waals surface area contributed by atoms with Crippen molar-refractivity contribution in [2.24, 2.45) is 5.92 Å². The third-order valence-electron chi connectivity index (χ3n) is 4.16. The van der Waals surface area contributed by atoms with Gasteiger partial charge in [-0.1, -0.05) is 31.5 Å². The monoisotopic (exact) mass is 353 g/mol. The summed E-state index contributed by atoms with van der Waals surface area (Å²) in [5, 5.41) is 9.21. The lowest BCUT2D eigenvalue weighted by Crippen LogP contribution is -2.54. The summed E-state index contributed by atoms with van der Waals surface area (Å²) in [5.74, 6) is -0.278. The number of benzene rings is 1. The molecule has 2 atom stereocenters. The molecule has 1 aliphatic rings. The lowest BCUT2D eigenvalue weighted by Gasteiger charge is -2.28. The number of carbonyl (C=O) groups is 2. The number of halogens is 1. The molecule has 1 saturated heterocycles. The molecule has 1 aromatic rings. The van der Waals surface area contributed by atoms with Crippen LogP contribution in [0.5, 0.6) is 0 Å². The maximum absolute atomic E-state index is 12.5. The summed E-state index contributed by atoms with van der Waals surface area (Å²) >= 11 is 0. The van der Waals surface area contributed by atoms with Crippen molar-refractivity contribution in [3.8, 4) is 0 Å². The number of rotatable bonds is 5. The van der Waals surface area contributed by atoms with Crippen molar-refractivity contribution in [2.75, 3.05) is 13.1 Å². The summed E-state index contributed by atoms with van der Waals surface area (Å²) in [4.78, 5) is 24.9. The topological polar surface area (TPSA) is 70.2 Å². The van der Waals surface area contributed by atoms with E-state index < -0.39 is 6.04 Å². The molecule has 134 valence electrons. The predicted molar refractivity (Wildman–Crippen MR) is 98.6 cm³/mol. The molecular formula is C18H28ClN3O2. The molecule has 1 fully saturated rings. The van der Waals surface area contributed by atoms with Crippen LogP contribution >= 0.6 is 12.4 Å². The second-order valence-electron chi connectivity index (χ2n) is 6.62. The molecule has 1 aromatic carbocycles. The number of nitrogens with one attached hydrogen (secondary N) is 3. The van der Waals surface area contributed by atoms with Crippen LogP contribution < -0.4 is 16.0 Å². The molecule has 1 heterocycles. The van der Waals surface area contributed by atoms with Gasteiger partial charge in [0, 0.05) is 18.2 Å². The van der Waals surface area contributed by atoms with Gasteiger partial charge in [0.1, 0.15) is 6.04 Å². The molecule has 2 unspecified atom stereocenters. The summed E-state index contributed by atoms with van der Waals surface area (Å²) in [6, 6.07) is 7.01. The van der Waals surface area contributed by atoms with Gasteiger partial charge in [0.25, 0.3) is 5.91 Å². The van der Waals surface area contributed by atoms with Gasteiger partial charge in [-0.25, -0.2) is 0 Å². The van der Waals surface area contributed by atoms with Crippen LogP contribution in [0.1, 0.15) is 42.6 Å². The second-order valence-corrected chi connectivity index (χ2v) is 6.62. The SMILES string of the molecule is Cc1cccc(C(=O)NC(C(=O)NC2CCCNC2)C(C)C)c1.Cl. The average molecular weight is 354 g/mol. The van der Waals surface area contributed by atoms with Crippen molar-refractivity contribution in [1.29, 1.82) is 0 Å². The van der Waals surface area contributed by atoms with Crippen molar-refractivity contribution in [2.45, 2.75) is 45.7 Å². The van der Waals surface area contributed by atoms with Gasteiger partial charge in [-0.2, -0.15) is 0 Å². The zero-order chi connectivity index (χ0) is 16.8. The molecule has 6 heteroatoms. The fraction of sp³-hybridized carbons (Fsp3) is 0.556. The Morgan fingerprint density at radius 3 is 2.62 bits per heavy atom. The quantitative estimate of drug-likeness (QED) is 0.758. The van der Waals surface area contributed by atoms with Gasteiger partial charge in [-0.05, 0) is 44.4 Å². The van der Waals surface area contributed by atoms with E-state index in [2.05, 4.69) is 16.0 Å². The smallest absolute Gasteiger partial charge is 0.251 e. The van der Waals surface area contributed by atoms with Crippen molar-refractivity contribution in [3.63, 3.8) is 0 Å². The normalized spacial score (nSPS) is 18.4. The first-order valence-electron chi connectivity index (χ1n) is 8.36. The molecule has 0 radical (unpaired) electrons. The molecule has 3 N–H and O–H groups in total. The molecule has 0 saturated carbocycles. The van der Waals surface area contributed by atoms with Crippen molar-refractivity contribution >= 4 is 24.2 Å². The molecule has 5 nitrogen and oxygen atoms in total. The summed E-state index contributed by atoms with van der Waals surface area (Å²) in [6.07, 6.45) is 2.04. The standard InChI is InChI=1S/C18H27N3O2.ClH/c1-12(2)16(18(23)20-15-8-5-9-19-11-15)21-17(22)14-7-4-6-13(3)10-14;/h4,6-7,10,12,15-16,19H,5,8-9,11H2,1-3H3,(H,20,23)(H,21,22);1H. The van der Waals surface area contributed by atoms with Crippen LogP contribution in [0.3, 0.4) is 0 Å². The van der Waals surface area contributed by atoms with Crippen LogP contribution in [0.15, 0.2) is 24.3 Å². The molecule has 0 aromatic heterocycles. The summed E-state index contributed by atoms with van der Waals surface area (Å²) in [7, 11) is 0. The van der Waals surface area contributed by atoms with E-state index in [0.29, 0.717) is 5.56 Å². The Morgan fingerprint density at radius 2 is 2.04 bits per heavy atom. The van der Waals surface area contributed by atoms with Crippen LogP contribution in [0.4, 0.5) is 0 Å². The van der Waals surface area contributed by atoms with Gasteiger partial charge in [-0.15, -0.1) is 12.4 Å². The van der Waals surface area contributed by atoms with Crippen LogP contribution in [-0.2, 0) is 4.79 Å². The van der Waals surface area contributed by atoms with Gasteiger partial charge in [0.05, 0.1) is 0 Å². The van der Waals surface area contributed by atoms with Gasteiger partial charge in [-0.3, -0.25) is 9.59 Å². The lowest BCUT2D eigenvalue weighted by atomic mass is 10.0. The highest BCUT2D eigenvalue weighted by Crippen LogP contribution is 2.09. The molecule has 0 aliphatic carbocycles. The third kappa shape index (κ3) is 5.80. The largest absolute Gasteiger partial charge is 0.350 e. The number of amides is 2. The van der Waals surface area contributed by atoms with Gasteiger partial charge >= 0.3 is 0 Å². The summed E-state index contributed by atoms with van der Waals surface area (Å²) < 4.78 is 0. The zero-order valence-electron chi connectivity index (χ0n) is 14.6. The van der Waals surface area contributed by atoms with E-state index in [-0.39, 0.29) is 36.2 Å². The lowest BCUT2D eigenvalue weighted by molar-refractivity contribution is -0.124.